The molecule has 1 N–H and O–H groups in total. The number of halogens is 1. The second-order valence-electron chi connectivity index (χ2n) is 5.52. The van der Waals surface area contributed by atoms with Crippen LogP contribution in [0.25, 0.3) is 0 Å². The summed E-state index contributed by atoms with van der Waals surface area (Å²) < 4.78 is 6.37. The van der Waals surface area contributed by atoms with Crippen LogP contribution in [0.1, 0.15) is 24.0 Å². The monoisotopic (exact) mass is 309 g/mol. The third-order valence-corrected chi connectivity index (χ3v) is 5.33. The molecule has 0 amide bonds. The van der Waals surface area contributed by atoms with E-state index >= 15 is 0 Å². The maximum Gasteiger partial charge on any atom is 0.0587 e. The Morgan fingerprint density at radius 1 is 1.50 bits per heavy atom. The van der Waals surface area contributed by atoms with Gasteiger partial charge in [-0.3, -0.25) is 0 Å². The van der Waals surface area contributed by atoms with Gasteiger partial charge in [-0.25, -0.2) is 0 Å². The summed E-state index contributed by atoms with van der Waals surface area (Å²) in [5.41, 5.74) is 3.66. The molecule has 0 heterocycles. The molecule has 98 valence electrons. The lowest BCUT2D eigenvalue weighted by Gasteiger charge is -2.12. The minimum absolute atomic E-state index is 0.499. The summed E-state index contributed by atoms with van der Waals surface area (Å²) in [6, 6.07) is 6.69. The van der Waals surface area contributed by atoms with Crippen LogP contribution in [-0.2, 0) is 16.6 Å². The largest absolute Gasteiger partial charge is 0.383 e. The van der Waals surface area contributed by atoms with Crippen LogP contribution in [0.15, 0.2) is 22.7 Å². The molecule has 1 saturated carbocycles. The predicted octanol–water partition coefficient (Wildman–Crippen LogP) is 2.89. The maximum atomic E-state index is 5.06. The number of hydrogen-bond donors (Lipinski definition) is 1. The average molecular weight is 310 g/mol. The summed E-state index contributed by atoms with van der Waals surface area (Å²) in [7, 11) is 1.75. The summed E-state index contributed by atoms with van der Waals surface area (Å²) in [5, 5.41) is 3.51. The maximum absolute atomic E-state index is 5.06. The Hall–Kier alpha value is -0.380. The fourth-order valence-electron chi connectivity index (χ4n) is 3.50. The van der Waals surface area contributed by atoms with E-state index in [4.69, 9.17) is 4.74 Å². The highest BCUT2D eigenvalue weighted by Gasteiger charge is 2.57. The normalized spacial score (nSPS) is 28.7. The van der Waals surface area contributed by atoms with E-state index in [1.807, 2.05) is 0 Å². The number of hydrogen-bond acceptors (Lipinski definition) is 2. The van der Waals surface area contributed by atoms with Gasteiger partial charge in [0, 0.05) is 23.5 Å². The molecule has 18 heavy (non-hydrogen) atoms. The molecule has 2 aliphatic carbocycles. The van der Waals surface area contributed by atoms with E-state index in [1.165, 1.54) is 23.7 Å². The number of ether oxygens (including phenoxy) is 1. The predicted molar refractivity (Wildman–Crippen MR) is 77.0 cm³/mol. The van der Waals surface area contributed by atoms with Gasteiger partial charge in [-0.15, -0.1) is 0 Å². The van der Waals surface area contributed by atoms with E-state index in [1.54, 1.807) is 18.2 Å². The van der Waals surface area contributed by atoms with Crippen molar-refractivity contribution in [1.29, 1.82) is 0 Å². The van der Waals surface area contributed by atoms with Crippen LogP contribution in [0.5, 0.6) is 0 Å². The SMILES string of the molecule is COCCNCC1CC12CCc1c(Br)cccc12. The van der Waals surface area contributed by atoms with Crippen molar-refractivity contribution in [1.82, 2.24) is 5.32 Å². The van der Waals surface area contributed by atoms with E-state index in [0.717, 1.165) is 25.6 Å². The lowest BCUT2D eigenvalue weighted by atomic mass is 9.95. The Morgan fingerprint density at radius 2 is 2.39 bits per heavy atom. The van der Waals surface area contributed by atoms with Crippen molar-refractivity contribution >= 4 is 15.9 Å². The molecule has 3 heteroatoms. The fraction of sp³-hybridized carbons (Fsp3) is 0.600. The van der Waals surface area contributed by atoms with Gasteiger partial charge < -0.3 is 10.1 Å². The highest BCUT2D eigenvalue weighted by atomic mass is 79.9. The zero-order valence-electron chi connectivity index (χ0n) is 10.8. The Labute approximate surface area is 117 Å². The summed E-state index contributed by atoms with van der Waals surface area (Å²) in [6.45, 7) is 2.91. The molecule has 1 spiro atoms. The topological polar surface area (TPSA) is 21.3 Å². The summed E-state index contributed by atoms with van der Waals surface area (Å²) >= 11 is 3.69. The Bertz CT molecular complexity index is 448. The molecule has 2 atom stereocenters. The zero-order valence-corrected chi connectivity index (χ0v) is 12.4. The molecule has 1 fully saturated rings. The van der Waals surface area contributed by atoms with Crippen molar-refractivity contribution in [3.05, 3.63) is 33.8 Å². The van der Waals surface area contributed by atoms with Gasteiger partial charge in [0.15, 0.2) is 0 Å². The molecule has 0 saturated heterocycles. The van der Waals surface area contributed by atoms with Crippen LogP contribution < -0.4 is 5.32 Å². The van der Waals surface area contributed by atoms with E-state index in [-0.39, 0.29) is 0 Å². The van der Waals surface area contributed by atoms with Crippen LogP contribution in [0.4, 0.5) is 0 Å². The first-order valence-corrected chi connectivity index (χ1v) is 7.55. The van der Waals surface area contributed by atoms with Crippen molar-refractivity contribution in [3.63, 3.8) is 0 Å². The van der Waals surface area contributed by atoms with E-state index in [0.29, 0.717) is 5.41 Å². The average Bonchev–Trinajstić information content (AvgIpc) is 2.94. The molecule has 0 radical (unpaired) electrons. The third-order valence-electron chi connectivity index (χ3n) is 4.58. The summed E-state index contributed by atoms with van der Waals surface area (Å²) in [6.07, 6.45) is 3.93. The molecule has 2 nitrogen and oxygen atoms in total. The first-order chi connectivity index (χ1) is 8.78. The summed E-state index contributed by atoms with van der Waals surface area (Å²) in [4.78, 5) is 0. The van der Waals surface area contributed by atoms with Crippen molar-refractivity contribution in [3.8, 4) is 0 Å². The number of benzene rings is 1. The molecule has 1 aromatic rings. The Morgan fingerprint density at radius 3 is 3.22 bits per heavy atom. The first kappa shape index (κ1) is 12.6. The second kappa shape index (κ2) is 4.95. The smallest absolute Gasteiger partial charge is 0.0587 e. The first-order valence-electron chi connectivity index (χ1n) is 6.75. The standard InChI is InChI=1S/C15H20BrNO/c1-18-8-7-17-10-11-9-15(11)6-5-12-13(15)3-2-4-14(12)16/h2-4,11,17H,5-10H2,1H3. The molecule has 2 unspecified atom stereocenters. The molecule has 0 aromatic heterocycles. The van der Waals surface area contributed by atoms with Gasteiger partial charge in [-0.1, -0.05) is 28.1 Å². The van der Waals surface area contributed by atoms with Gasteiger partial charge >= 0.3 is 0 Å². The number of methoxy groups -OCH3 is 1. The van der Waals surface area contributed by atoms with Crippen LogP contribution in [0.3, 0.4) is 0 Å². The van der Waals surface area contributed by atoms with Gasteiger partial charge in [0.1, 0.15) is 0 Å². The van der Waals surface area contributed by atoms with E-state index < -0.39 is 0 Å². The lowest BCUT2D eigenvalue weighted by Crippen LogP contribution is -2.24. The quantitative estimate of drug-likeness (QED) is 0.845. The minimum atomic E-state index is 0.499. The number of rotatable bonds is 5. The van der Waals surface area contributed by atoms with Crippen molar-refractivity contribution in [2.75, 3.05) is 26.8 Å². The van der Waals surface area contributed by atoms with Crippen LogP contribution in [0.2, 0.25) is 0 Å². The van der Waals surface area contributed by atoms with Crippen molar-refractivity contribution < 1.29 is 4.74 Å². The molecule has 0 aliphatic heterocycles. The zero-order chi connectivity index (χ0) is 12.6. The Balaban J connectivity index is 1.65. The molecule has 1 aromatic carbocycles. The van der Waals surface area contributed by atoms with Gasteiger partial charge in [-0.2, -0.15) is 0 Å². The van der Waals surface area contributed by atoms with E-state index in [9.17, 15) is 0 Å². The van der Waals surface area contributed by atoms with Gasteiger partial charge in [0.25, 0.3) is 0 Å². The van der Waals surface area contributed by atoms with Gasteiger partial charge in [0.05, 0.1) is 6.61 Å². The third kappa shape index (κ3) is 2.02. The van der Waals surface area contributed by atoms with Crippen molar-refractivity contribution in [2.45, 2.75) is 24.7 Å². The molecule has 2 aliphatic rings. The lowest BCUT2D eigenvalue weighted by molar-refractivity contribution is 0.199. The highest BCUT2D eigenvalue weighted by molar-refractivity contribution is 9.10. The highest BCUT2D eigenvalue weighted by Crippen LogP contribution is 2.61. The molecular weight excluding hydrogens is 290 g/mol. The number of nitrogens with one attached hydrogen (secondary N) is 1. The molecular formula is C15H20BrNO. The van der Waals surface area contributed by atoms with Crippen molar-refractivity contribution in [2.24, 2.45) is 5.92 Å². The van der Waals surface area contributed by atoms with Gasteiger partial charge in [0.2, 0.25) is 0 Å². The molecule has 0 bridgehead atoms. The summed E-state index contributed by atoms with van der Waals surface area (Å²) in [5.74, 6) is 0.824. The fourth-order valence-corrected chi connectivity index (χ4v) is 4.06. The molecule has 3 rings (SSSR count). The van der Waals surface area contributed by atoms with Gasteiger partial charge in [-0.05, 0) is 48.9 Å². The van der Waals surface area contributed by atoms with Crippen LogP contribution in [-0.4, -0.2) is 26.8 Å². The Kier molecular flexibility index (Phi) is 3.48. The minimum Gasteiger partial charge on any atom is -0.383 e. The second-order valence-corrected chi connectivity index (χ2v) is 6.37. The van der Waals surface area contributed by atoms with E-state index in [2.05, 4.69) is 39.4 Å². The van der Waals surface area contributed by atoms with Crippen LogP contribution >= 0.6 is 15.9 Å². The number of fused-ring (bicyclic) bond motifs is 2. The van der Waals surface area contributed by atoms with Crippen LogP contribution in [0, 0.1) is 5.92 Å².